The highest BCUT2D eigenvalue weighted by Gasteiger charge is 2.16. The second-order valence-electron chi connectivity index (χ2n) is 6.85. The molecular formula is C22H28N2O. The molecule has 2 aromatic carbocycles. The van der Waals surface area contributed by atoms with Gasteiger partial charge in [0.2, 0.25) is 0 Å². The molecule has 0 aliphatic carbocycles. The highest BCUT2D eigenvalue weighted by atomic mass is 16.2. The van der Waals surface area contributed by atoms with Gasteiger partial charge in [-0.2, -0.15) is 0 Å². The third kappa shape index (κ3) is 4.49. The zero-order chi connectivity index (χ0) is 17.5. The van der Waals surface area contributed by atoms with Crippen molar-refractivity contribution in [3.8, 4) is 0 Å². The van der Waals surface area contributed by atoms with Crippen LogP contribution >= 0.6 is 0 Å². The maximum absolute atomic E-state index is 11.8. The molecule has 1 fully saturated rings. The molecule has 25 heavy (non-hydrogen) atoms. The molecule has 1 saturated heterocycles. The molecule has 0 atom stereocenters. The summed E-state index contributed by atoms with van der Waals surface area (Å²) in [4.78, 5) is 11.8. The molecule has 3 rings (SSSR count). The number of hydrogen-bond donors (Lipinski definition) is 2. The van der Waals surface area contributed by atoms with E-state index in [2.05, 4.69) is 54.2 Å². The Hall–Kier alpha value is -2.13. The highest BCUT2D eigenvalue weighted by Crippen LogP contribution is 2.26. The first-order valence-corrected chi connectivity index (χ1v) is 9.54. The van der Waals surface area contributed by atoms with Crippen LogP contribution in [-0.4, -0.2) is 12.5 Å². The van der Waals surface area contributed by atoms with Crippen molar-refractivity contribution in [2.45, 2.75) is 51.9 Å². The van der Waals surface area contributed by atoms with Crippen LogP contribution in [0.15, 0.2) is 42.0 Å². The Kier molecular flexibility index (Phi) is 6.24. The van der Waals surface area contributed by atoms with E-state index in [-0.39, 0.29) is 5.91 Å². The van der Waals surface area contributed by atoms with Crippen LogP contribution < -0.4 is 10.9 Å². The minimum atomic E-state index is -0.0276. The number of carbonyl (C=O) groups excluding carboxylic acids is 1. The number of unbranched alkanes of at least 4 members (excludes halogenated alkanes) is 5. The van der Waals surface area contributed by atoms with Gasteiger partial charge in [0.15, 0.2) is 0 Å². The third-order valence-corrected chi connectivity index (χ3v) is 4.95. The maximum Gasteiger partial charge on any atom is 0.262 e. The number of amides is 1. The summed E-state index contributed by atoms with van der Waals surface area (Å²) < 4.78 is 0. The van der Waals surface area contributed by atoms with Gasteiger partial charge in [-0.3, -0.25) is 10.2 Å². The van der Waals surface area contributed by atoms with Crippen molar-refractivity contribution >= 4 is 22.8 Å². The molecule has 1 aliphatic heterocycles. The molecule has 1 heterocycles. The van der Waals surface area contributed by atoms with Gasteiger partial charge in [-0.1, -0.05) is 75.4 Å². The van der Waals surface area contributed by atoms with E-state index in [9.17, 15) is 4.79 Å². The number of fused-ring (bicyclic) bond motifs is 1. The summed E-state index contributed by atoms with van der Waals surface area (Å²) in [6.07, 6.45) is 11.1. The van der Waals surface area contributed by atoms with Gasteiger partial charge >= 0.3 is 0 Å². The van der Waals surface area contributed by atoms with E-state index in [1.165, 1.54) is 54.9 Å². The number of nitrogens with one attached hydrogen (secondary N) is 2. The van der Waals surface area contributed by atoms with Crippen LogP contribution in [0.5, 0.6) is 0 Å². The molecule has 3 nitrogen and oxygen atoms in total. The molecule has 1 amide bonds. The molecule has 2 N–H and O–H groups in total. The molecule has 0 unspecified atom stereocenters. The van der Waals surface area contributed by atoms with E-state index in [1.54, 1.807) is 0 Å². The van der Waals surface area contributed by atoms with Crippen LogP contribution in [0.1, 0.15) is 56.6 Å². The van der Waals surface area contributed by atoms with Gasteiger partial charge in [-0.25, -0.2) is 5.43 Å². The molecule has 3 heteroatoms. The lowest BCUT2D eigenvalue weighted by molar-refractivity contribution is -0.116. The SMILES string of the molecule is CCCCCCCCc1ccc(/C=C2\CNNC2=O)c2ccccc12. The van der Waals surface area contributed by atoms with E-state index in [1.807, 2.05) is 6.08 Å². The monoisotopic (exact) mass is 336 g/mol. The summed E-state index contributed by atoms with van der Waals surface area (Å²) in [5, 5.41) is 2.55. The zero-order valence-corrected chi connectivity index (χ0v) is 15.1. The Morgan fingerprint density at radius 2 is 1.72 bits per heavy atom. The Morgan fingerprint density at radius 1 is 0.960 bits per heavy atom. The summed E-state index contributed by atoms with van der Waals surface area (Å²) in [6, 6.07) is 12.9. The number of aryl methyl sites for hydroxylation is 1. The van der Waals surface area contributed by atoms with Crippen LogP contribution in [0.25, 0.3) is 16.8 Å². The fourth-order valence-corrected chi connectivity index (χ4v) is 3.51. The molecule has 1 aliphatic rings. The Bertz CT molecular complexity index is 764. The summed E-state index contributed by atoms with van der Waals surface area (Å²) in [7, 11) is 0. The van der Waals surface area contributed by atoms with Crippen molar-refractivity contribution < 1.29 is 4.79 Å². The van der Waals surface area contributed by atoms with Gasteiger partial charge in [0.25, 0.3) is 5.91 Å². The topological polar surface area (TPSA) is 41.1 Å². The predicted molar refractivity (Wildman–Crippen MR) is 105 cm³/mol. The number of rotatable bonds is 8. The fourth-order valence-electron chi connectivity index (χ4n) is 3.51. The van der Waals surface area contributed by atoms with E-state index in [0.717, 1.165) is 17.6 Å². The second kappa shape index (κ2) is 8.82. The average molecular weight is 336 g/mol. The highest BCUT2D eigenvalue weighted by molar-refractivity contribution is 6.02. The van der Waals surface area contributed by atoms with Crippen LogP contribution in [0.3, 0.4) is 0 Å². The molecule has 0 radical (unpaired) electrons. The first-order valence-electron chi connectivity index (χ1n) is 9.54. The maximum atomic E-state index is 11.8. The number of benzene rings is 2. The zero-order valence-electron chi connectivity index (χ0n) is 15.1. The number of hydrazine groups is 1. The molecule has 0 saturated carbocycles. The van der Waals surface area contributed by atoms with Crippen molar-refractivity contribution in [3.05, 3.63) is 53.1 Å². The van der Waals surface area contributed by atoms with Gasteiger partial charge in [-0.15, -0.1) is 0 Å². The van der Waals surface area contributed by atoms with Crippen LogP contribution in [-0.2, 0) is 11.2 Å². The lowest BCUT2D eigenvalue weighted by Gasteiger charge is -2.10. The van der Waals surface area contributed by atoms with Crippen LogP contribution in [0, 0.1) is 0 Å². The summed E-state index contributed by atoms with van der Waals surface area (Å²) in [6.45, 7) is 2.83. The normalized spacial score (nSPS) is 15.9. The predicted octanol–water partition coefficient (Wildman–Crippen LogP) is 4.76. The first kappa shape index (κ1) is 17.7. The fraction of sp³-hybridized carbons (Fsp3) is 0.409. The van der Waals surface area contributed by atoms with E-state index in [4.69, 9.17) is 0 Å². The number of carbonyl (C=O) groups is 1. The van der Waals surface area contributed by atoms with Gasteiger partial charge in [0.1, 0.15) is 0 Å². The van der Waals surface area contributed by atoms with E-state index in [0.29, 0.717) is 6.54 Å². The largest absolute Gasteiger partial charge is 0.287 e. The Labute approximate surface area is 150 Å². The quantitative estimate of drug-likeness (QED) is 0.539. The van der Waals surface area contributed by atoms with Crippen molar-refractivity contribution in [3.63, 3.8) is 0 Å². The standard InChI is InChI=1S/C22H28N2O/c1-2-3-4-5-6-7-10-17-13-14-18(15-19-16-23-24-22(19)25)21-12-9-8-11-20(17)21/h8-9,11-15,23H,2-7,10,16H2,1H3,(H,24,25)/b19-15+. The van der Waals surface area contributed by atoms with Crippen LogP contribution in [0.2, 0.25) is 0 Å². The van der Waals surface area contributed by atoms with Crippen molar-refractivity contribution in [1.29, 1.82) is 0 Å². The molecule has 0 spiro atoms. The third-order valence-electron chi connectivity index (χ3n) is 4.95. The average Bonchev–Trinajstić information content (AvgIpc) is 3.04. The summed E-state index contributed by atoms with van der Waals surface area (Å²) in [5.74, 6) is -0.0276. The molecule has 132 valence electrons. The summed E-state index contributed by atoms with van der Waals surface area (Å²) >= 11 is 0. The van der Waals surface area contributed by atoms with E-state index >= 15 is 0 Å². The summed E-state index contributed by atoms with van der Waals surface area (Å²) in [5.41, 5.74) is 8.85. The van der Waals surface area contributed by atoms with Gasteiger partial charge < -0.3 is 0 Å². The minimum Gasteiger partial charge on any atom is -0.287 e. The second-order valence-corrected chi connectivity index (χ2v) is 6.85. The van der Waals surface area contributed by atoms with Gasteiger partial charge in [0.05, 0.1) is 0 Å². The lowest BCUT2D eigenvalue weighted by Crippen LogP contribution is -2.25. The molecule has 0 aromatic heterocycles. The van der Waals surface area contributed by atoms with Gasteiger partial charge in [0, 0.05) is 12.1 Å². The van der Waals surface area contributed by atoms with Crippen molar-refractivity contribution in [2.24, 2.45) is 0 Å². The van der Waals surface area contributed by atoms with Crippen molar-refractivity contribution in [1.82, 2.24) is 10.9 Å². The number of hydrogen-bond acceptors (Lipinski definition) is 2. The minimum absolute atomic E-state index is 0.0276. The molecule has 0 bridgehead atoms. The smallest absolute Gasteiger partial charge is 0.262 e. The van der Waals surface area contributed by atoms with Crippen molar-refractivity contribution in [2.75, 3.05) is 6.54 Å². The Balaban J connectivity index is 1.76. The van der Waals surface area contributed by atoms with E-state index < -0.39 is 0 Å². The Morgan fingerprint density at radius 3 is 2.48 bits per heavy atom. The first-order chi connectivity index (χ1) is 12.3. The van der Waals surface area contributed by atoms with Gasteiger partial charge in [-0.05, 0) is 40.8 Å². The molecular weight excluding hydrogens is 308 g/mol. The lowest BCUT2D eigenvalue weighted by atomic mass is 9.95. The molecule has 2 aromatic rings. The van der Waals surface area contributed by atoms with Crippen LogP contribution in [0.4, 0.5) is 0 Å².